The Morgan fingerprint density at radius 3 is 2.62 bits per heavy atom. The molecule has 1 aromatic carbocycles. The highest BCUT2D eigenvalue weighted by molar-refractivity contribution is 5.95. The molecule has 0 fully saturated rings. The molecular formula is C16H20N4O4. The number of amides is 1. The van der Waals surface area contributed by atoms with Gasteiger partial charge in [-0.3, -0.25) is 14.9 Å². The molecule has 1 aromatic heterocycles. The smallest absolute Gasteiger partial charge is 0.293 e. The fourth-order valence-corrected chi connectivity index (χ4v) is 2.03. The SMILES string of the molecule is CNC(=O)c1ccc(NCc2ncc(C(C)(C)C)o2)c([N+](=O)[O-])c1. The highest BCUT2D eigenvalue weighted by Crippen LogP contribution is 2.27. The quantitative estimate of drug-likeness (QED) is 0.643. The largest absolute Gasteiger partial charge is 0.443 e. The molecule has 0 aliphatic carbocycles. The fourth-order valence-electron chi connectivity index (χ4n) is 2.03. The summed E-state index contributed by atoms with van der Waals surface area (Å²) in [7, 11) is 1.47. The van der Waals surface area contributed by atoms with Crippen LogP contribution in [-0.4, -0.2) is 22.9 Å². The second-order valence-corrected chi connectivity index (χ2v) is 6.29. The number of rotatable bonds is 5. The van der Waals surface area contributed by atoms with Crippen LogP contribution in [0.1, 0.15) is 42.8 Å². The zero-order valence-corrected chi connectivity index (χ0v) is 14.0. The van der Waals surface area contributed by atoms with Gasteiger partial charge >= 0.3 is 0 Å². The third-order valence-corrected chi connectivity index (χ3v) is 3.41. The molecule has 0 aliphatic heterocycles. The average Bonchev–Trinajstić information content (AvgIpc) is 3.01. The summed E-state index contributed by atoms with van der Waals surface area (Å²) in [4.78, 5) is 26.5. The lowest BCUT2D eigenvalue weighted by atomic mass is 9.94. The number of nitro groups is 1. The van der Waals surface area contributed by atoms with E-state index in [2.05, 4.69) is 15.6 Å². The number of nitro benzene ring substituents is 1. The molecule has 1 amide bonds. The number of carbonyl (C=O) groups excluding carboxylic acids is 1. The van der Waals surface area contributed by atoms with E-state index in [0.717, 1.165) is 5.76 Å². The Hall–Kier alpha value is -2.90. The van der Waals surface area contributed by atoms with E-state index in [0.29, 0.717) is 11.6 Å². The summed E-state index contributed by atoms with van der Waals surface area (Å²) >= 11 is 0. The van der Waals surface area contributed by atoms with Crippen molar-refractivity contribution in [1.29, 1.82) is 0 Å². The predicted octanol–water partition coefficient (Wildman–Crippen LogP) is 2.85. The van der Waals surface area contributed by atoms with E-state index in [-0.39, 0.29) is 29.1 Å². The van der Waals surface area contributed by atoms with Crippen molar-refractivity contribution in [3.8, 4) is 0 Å². The Bertz CT molecular complexity index is 762. The minimum Gasteiger partial charge on any atom is -0.443 e. The van der Waals surface area contributed by atoms with Gasteiger partial charge in [-0.1, -0.05) is 20.8 Å². The summed E-state index contributed by atoms with van der Waals surface area (Å²) in [5.41, 5.74) is 0.176. The van der Waals surface area contributed by atoms with E-state index in [9.17, 15) is 14.9 Å². The molecule has 24 heavy (non-hydrogen) atoms. The number of hydrogen-bond acceptors (Lipinski definition) is 6. The molecule has 128 valence electrons. The molecule has 0 aliphatic rings. The van der Waals surface area contributed by atoms with Gasteiger partial charge in [0.25, 0.3) is 11.6 Å². The molecule has 0 saturated heterocycles. The first kappa shape index (κ1) is 17.5. The summed E-state index contributed by atoms with van der Waals surface area (Å²) in [6.07, 6.45) is 1.65. The van der Waals surface area contributed by atoms with Crippen LogP contribution in [0.5, 0.6) is 0 Å². The van der Waals surface area contributed by atoms with E-state index in [4.69, 9.17) is 4.42 Å². The molecule has 2 aromatic rings. The summed E-state index contributed by atoms with van der Waals surface area (Å²) in [6.45, 7) is 6.23. The van der Waals surface area contributed by atoms with Gasteiger partial charge in [-0.2, -0.15) is 0 Å². The first-order chi connectivity index (χ1) is 11.2. The number of benzene rings is 1. The maximum absolute atomic E-state index is 11.6. The van der Waals surface area contributed by atoms with Gasteiger partial charge in [0.05, 0.1) is 17.7 Å². The van der Waals surface area contributed by atoms with Crippen LogP contribution in [0.15, 0.2) is 28.8 Å². The molecular weight excluding hydrogens is 312 g/mol. The molecule has 0 unspecified atom stereocenters. The van der Waals surface area contributed by atoms with E-state index in [1.54, 1.807) is 6.20 Å². The predicted molar refractivity (Wildman–Crippen MR) is 89.0 cm³/mol. The van der Waals surface area contributed by atoms with E-state index >= 15 is 0 Å². The maximum atomic E-state index is 11.6. The van der Waals surface area contributed by atoms with Crippen molar-refractivity contribution in [3.63, 3.8) is 0 Å². The van der Waals surface area contributed by atoms with Crippen LogP contribution < -0.4 is 10.6 Å². The molecule has 0 bridgehead atoms. The minimum atomic E-state index is -0.537. The van der Waals surface area contributed by atoms with Crippen molar-refractivity contribution in [3.05, 3.63) is 51.7 Å². The Morgan fingerprint density at radius 1 is 1.38 bits per heavy atom. The third-order valence-electron chi connectivity index (χ3n) is 3.41. The van der Waals surface area contributed by atoms with Gasteiger partial charge < -0.3 is 15.1 Å². The fraction of sp³-hybridized carbons (Fsp3) is 0.375. The standard InChI is InChI=1S/C16H20N4O4/c1-16(2,3)13-8-19-14(24-13)9-18-11-6-5-10(15(21)17-4)7-12(11)20(22)23/h5-8,18H,9H2,1-4H3,(H,17,21). The molecule has 0 spiro atoms. The minimum absolute atomic E-state index is 0.160. The number of anilines is 1. The van der Waals surface area contributed by atoms with Gasteiger partial charge in [-0.05, 0) is 12.1 Å². The second-order valence-electron chi connectivity index (χ2n) is 6.29. The molecule has 0 atom stereocenters. The maximum Gasteiger partial charge on any atom is 0.293 e. The van der Waals surface area contributed by atoms with Crippen LogP contribution in [0, 0.1) is 10.1 Å². The van der Waals surface area contributed by atoms with Gasteiger partial charge in [0.15, 0.2) is 0 Å². The highest BCUT2D eigenvalue weighted by Gasteiger charge is 2.20. The summed E-state index contributed by atoms with van der Waals surface area (Å²) in [5, 5.41) is 16.6. The first-order valence-corrected chi connectivity index (χ1v) is 7.42. The average molecular weight is 332 g/mol. The van der Waals surface area contributed by atoms with E-state index in [1.807, 2.05) is 20.8 Å². The van der Waals surface area contributed by atoms with Gasteiger partial charge in [-0.15, -0.1) is 0 Å². The van der Waals surface area contributed by atoms with Crippen molar-refractivity contribution in [2.75, 3.05) is 12.4 Å². The van der Waals surface area contributed by atoms with Gasteiger partial charge in [0.1, 0.15) is 11.4 Å². The van der Waals surface area contributed by atoms with Gasteiger partial charge in [0, 0.05) is 24.1 Å². The van der Waals surface area contributed by atoms with Crippen LogP contribution in [0.3, 0.4) is 0 Å². The number of oxazole rings is 1. The van der Waals surface area contributed by atoms with Crippen LogP contribution >= 0.6 is 0 Å². The summed E-state index contributed by atoms with van der Waals surface area (Å²) < 4.78 is 5.64. The van der Waals surface area contributed by atoms with Crippen molar-refractivity contribution < 1.29 is 14.1 Å². The van der Waals surface area contributed by atoms with Gasteiger partial charge in [0.2, 0.25) is 5.89 Å². The Morgan fingerprint density at radius 2 is 2.08 bits per heavy atom. The zero-order valence-electron chi connectivity index (χ0n) is 14.0. The Kier molecular flexibility index (Phi) is 4.87. The topological polar surface area (TPSA) is 110 Å². The Balaban J connectivity index is 2.19. The molecule has 0 saturated carbocycles. The van der Waals surface area contributed by atoms with E-state index < -0.39 is 4.92 Å². The van der Waals surface area contributed by atoms with Crippen LogP contribution in [0.4, 0.5) is 11.4 Å². The molecule has 8 nitrogen and oxygen atoms in total. The summed E-state index contributed by atoms with van der Waals surface area (Å²) in [6, 6.07) is 4.25. The Labute approximate surface area is 139 Å². The van der Waals surface area contributed by atoms with Crippen molar-refractivity contribution >= 4 is 17.3 Å². The number of carbonyl (C=O) groups is 1. The molecule has 0 radical (unpaired) electrons. The van der Waals surface area contributed by atoms with Crippen molar-refractivity contribution in [1.82, 2.24) is 10.3 Å². The number of hydrogen-bond donors (Lipinski definition) is 2. The normalized spacial score (nSPS) is 11.2. The molecule has 2 N–H and O–H groups in total. The zero-order chi connectivity index (χ0) is 17.9. The highest BCUT2D eigenvalue weighted by atomic mass is 16.6. The van der Waals surface area contributed by atoms with Gasteiger partial charge in [-0.25, -0.2) is 4.98 Å². The first-order valence-electron chi connectivity index (χ1n) is 7.42. The second kappa shape index (κ2) is 6.69. The number of nitrogens with zero attached hydrogens (tertiary/aromatic N) is 2. The molecule has 8 heteroatoms. The van der Waals surface area contributed by atoms with E-state index in [1.165, 1.54) is 25.2 Å². The lowest BCUT2D eigenvalue weighted by molar-refractivity contribution is -0.384. The molecule has 1 heterocycles. The monoisotopic (exact) mass is 332 g/mol. The molecule has 2 rings (SSSR count). The summed E-state index contributed by atoms with van der Waals surface area (Å²) in [5.74, 6) is 0.792. The third kappa shape index (κ3) is 3.89. The lowest BCUT2D eigenvalue weighted by Gasteiger charge is -2.13. The van der Waals surface area contributed by atoms with Crippen LogP contribution in [-0.2, 0) is 12.0 Å². The number of nitrogens with one attached hydrogen (secondary N) is 2. The van der Waals surface area contributed by atoms with Crippen molar-refractivity contribution in [2.24, 2.45) is 0 Å². The van der Waals surface area contributed by atoms with Crippen LogP contribution in [0.2, 0.25) is 0 Å². The lowest BCUT2D eigenvalue weighted by Crippen LogP contribution is -2.18. The van der Waals surface area contributed by atoms with Crippen molar-refractivity contribution in [2.45, 2.75) is 32.7 Å². The van der Waals surface area contributed by atoms with Crippen LogP contribution in [0.25, 0.3) is 0 Å². The number of aromatic nitrogens is 1.